The van der Waals surface area contributed by atoms with E-state index in [1.807, 2.05) is 16.8 Å². The van der Waals surface area contributed by atoms with Crippen molar-refractivity contribution in [3.05, 3.63) is 35.4 Å². The molecular weight excluding hydrogens is 224 g/mol. The minimum atomic E-state index is 0.384. The van der Waals surface area contributed by atoms with Crippen LogP contribution in [0.15, 0.2) is 39.9 Å². The van der Waals surface area contributed by atoms with Crippen LogP contribution in [0.5, 0.6) is 0 Å². The van der Waals surface area contributed by atoms with Crippen molar-refractivity contribution in [2.24, 2.45) is 0 Å². The van der Waals surface area contributed by atoms with E-state index in [2.05, 4.69) is 20.1 Å². The van der Waals surface area contributed by atoms with Gasteiger partial charge in [-0.25, -0.2) is 4.98 Å². The van der Waals surface area contributed by atoms with Crippen molar-refractivity contribution < 1.29 is 4.52 Å². The average molecular weight is 230 g/mol. The van der Waals surface area contributed by atoms with Crippen LogP contribution in [0.1, 0.15) is 0 Å². The summed E-state index contributed by atoms with van der Waals surface area (Å²) in [7, 11) is 0. The minimum Gasteiger partial charge on any atom is -0.332 e. The summed E-state index contributed by atoms with van der Waals surface area (Å²) in [6.07, 6.45) is 4.77. The van der Waals surface area contributed by atoms with Crippen molar-refractivity contribution in [2.75, 3.05) is 0 Å². The molecule has 3 aromatic heterocycles. The molecule has 0 saturated carbocycles. The summed E-state index contributed by atoms with van der Waals surface area (Å²) in [6.45, 7) is 0. The van der Waals surface area contributed by atoms with Gasteiger partial charge in [0, 0.05) is 23.3 Å². The Morgan fingerprint density at radius 1 is 1.25 bits per heavy atom. The van der Waals surface area contributed by atoms with Gasteiger partial charge < -0.3 is 4.52 Å². The summed E-state index contributed by atoms with van der Waals surface area (Å²) in [5.41, 5.74) is 1.53. The maximum atomic E-state index is 5.12. The van der Waals surface area contributed by atoms with E-state index in [1.165, 1.54) is 0 Å². The molecule has 3 aromatic rings. The number of hydrogen-bond donors (Lipinski definition) is 0. The second-order valence-corrected chi connectivity index (χ2v) is 3.81. The fourth-order valence-electron chi connectivity index (χ4n) is 1.25. The fraction of sp³-hybridized carbons (Fsp3) is 0. The van der Waals surface area contributed by atoms with Gasteiger partial charge in [-0.05, 0) is 11.4 Å². The Hall–Kier alpha value is -2.08. The predicted octanol–water partition coefficient (Wildman–Crippen LogP) is 2.26. The quantitative estimate of drug-likeness (QED) is 0.675. The van der Waals surface area contributed by atoms with Crippen molar-refractivity contribution in [2.45, 2.75) is 0 Å². The highest BCUT2D eigenvalue weighted by atomic mass is 32.1. The molecule has 0 aliphatic rings. The fourth-order valence-corrected chi connectivity index (χ4v) is 1.88. The van der Waals surface area contributed by atoms with Gasteiger partial charge in [0.1, 0.15) is 5.69 Å². The van der Waals surface area contributed by atoms with Crippen molar-refractivity contribution >= 4 is 11.3 Å². The first-order valence-electron chi connectivity index (χ1n) is 4.56. The average Bonchev–Trinajstić information content (AvgIpc) is 3.01. The summed E-state index contributed by atoms with van der Waals surface area (Å²) < 4.78 is 5.12. The van der Waals surface area contributed by atoms with E-state index in [-0.39, 0.29) is 0 Å². The molecule has 0 radical (unpaired) electrons. The van der Waals surface area contributed by atoms with Gasteiger partial charge in [0.05, 0.1) is 6.20 Å². The van der Waals surface area contributed by atoms with Crippen LogP contribution < -0.4 is 0 Å². The predicted molar refractivity (Wildman–Crippen MR) is 58.6 cm³/mol. The minimum absolute atomic E-state index is 0.384. The van der Waals surface area contributed by atoms with Gasteiger partial charge in [-0.3, -0.25) is 4.98 Å². The van der Waals surface area contributed by atoms with Crippen LogP contribution in [-0.4, -0.2) is 20.1 Å². The molecule has 0 aromatic carbocycles. The Labute approximate surface area is 94.8 Å². The van der Waals surface area contributed by atoms with E-state index in [9.17, 15) is 0 Å². The largest absolute Gasteiger partial charge is 0.332 e. The summed E-state index contributed by atoms with van der Waals surface area (Å²) in [6, 6.07) is 1.94. The molecule has 0 amide bonds. The smallest absolute Gasteiger partial charge is 0.278 e. The lowest BCUT2D eigenvalue weighted by Crippen LogP contribution is -1.83. The number of thiophene rings is 1. The van der Waals surface area contributed by atoms with Gasteiger partial charge >= 0.3 is 0 Å². The summed E-state index contributed by atoms with van der Waals surface area (Å²) >= 11 is 1.59. The zero-order chi connectivity index (χ0) is 10.8. The monoisotopic (exact) mass is 230 g/mol. The molecule has 0 atom stereocenters. The number of aromatic nitrogens is 4. The first kappa shape index (κ1) is 9.17. The first-order chi connectivity index (χ1) is 7.93. The molecule has 0 fully saturated rings. The van der Waals surface area contributed by atoms with Crippen molar-refractivity contribution in [1.82, 2.24) is 20.1 Å². The van der Waals surface area contributed by atoms with Crippen molar-refractivity contribution in [3.63, 3.8) is 0 Å². The molecule has 0 N–H and O–H groups in total. The number of rotatable bonds is 2. The van der Waals surface area contributed by atoms with Crippen LogP contribution in [0.3, 0.4) is 0 Å². The lowest BCUT2D eigenvalue weighted by molar-refractivity contribution is 0.431. The molecule has 78 valence electrons. The Kier molecular flexibility index (Phi) is 2.19. The van der Waals surface area contributed by atoms with Gasteiger partial charge in [0.15, 0.2) is 0 Å². The normalized spacial score (nSPS) is 10.5. The van der Waals surface area contributed by atoms with Gasteiger partial charge in [0.2, 0.25) is 5.82 Å². The molecule has 3 heterocycles. The Morgan fingerprint density at radius 2 is 2.25 bits per heavy atom. The van der Waals surface area contributed by atoms with Gasteiger partial charge in [-0.1, -0.05) is 5.16 Å². The molecule has 6 heteroatoms. The van der Waals surface area contributed by atoms with Crippen LogP contribution in [0.4, 0.5) is 0 Å². The summed E-state index contributed by atoms with van der Waals surface area (Å²) in [4.78, 5) is 12.3. The molecular formula is C10H6N4OS. The molecule has 0 aliphatic carbocycles. The van der Waals surface area contributed by atoms with Gasteiger partial charge in [-0.2, -0.15) is 16.3 Å². The number of hydrogen-bond acceptors (Lipinski definition) is 6. The van der Waals surface area contributed by atoms with E-state index < -0.39 is 0 Å². The van der Waals surface area contributed by atoms with Crippen LogP contribution >= 0.6 is 11.3 Å². The van der Waals surface area contributed by atoms with Gasteiger partial charge in [0.25, 0.3) is 5.89 Å². The van der Waals surface area contributed by atoms with E-state index in [4.69, 9.17) is 4.52 Å². The highest BCUT2D eigenvalue weighted by Gasteiger charge is 2.11. The molecule has 0 saturated heterocycles. The molecule has 3 rings (SSSR count). The molecule has 16 heavy (non-hydrogen) atoms. The Morgan fingerprint density at radius 3 is 3.00 bits per heavy atom. The first-order valence-corrected chi connectivity index (χ1v) is 5.50. The van der Waals surface area contributed by atoms with Crippen LogP contribution in [0.2, 0.25) is 0 Å². The third-order valence-electron chi connectivity index (χ3n) is 1.99. The Balaban J connectivity index is 2.00. The lowest BCUT2D eigenvalue weighted by Gasteiger charge is -1.88. The highest BCUT2D eigenvalue weighted by molar-refractivity contribution is 7.08. The van der Waals surface area contributed by atoms with Crippen LogP contribution in [0.25, 0.3) is 23.0 Å². The summed E-state index contributed by atoms with van der Waals surface area (Å²) in [5.74, 6) is 0.955. The summed E-state index contributed by atoms with van der Waals surface area (Å²) in [5, 5.41) is 7.82. The third-order valence-corrected chi connectivity index (χ3v) is 2.67. The molecule has 0 spiro atoms. The van der Waals surface area contributed by atoms with Gasteiger partial charge in [-0.15, -0.1) is 0 Å². The molecule has 5 nitrogen and oxygen atoms in total. The second-order valence-electron chi connectivity index (χ2n) is 3.03. The maximum absolute atomic E-state index is 5.12. The zero-order valence-electron chi connectivity index (χ0n) is 8.07. The van der Waals surface area contributed by atoms with E-state index in [0.29, 0.717) is 17.4 Å². The standard InChI is InChI=1S/C10H6N4OS/c1-4-16-6-7(1)9-13-10(15-14-9)8-5-11-2-3-12-8/h1-6H. The highest BCUT2D eigenvalue weighted by Crippen LogP contribution is 2.21. The molecule has 0 unspecified atom stereocenters. The van der Waals surface area contributed by atoms with Crippen molar-refractivity contribution in [1.29, 1.82) is 0 Å². The SMILES string of the molecule is c1cnc(-c2nc(-c3ccsc3)no2)cn1. The van der Waals surface area contributed by atoms with Crippen LogP contribution in [-0.2, 0) is 0 Å². The van der Waals surface area contributed by atoms with E-state index in [0.717, 1.165) is 5.56 Å². The third kappa shape index (κ3) is 1.59. The zero-order valence-corrected chi connectivity index (χ0v) is 8.89. The van der Waals surface area contributed by atoms with E-state index >= 15 is 0 Å². The molecule has 0 aliphatic heterocycles. The maximum Gasteiger partial charge on any atom is 0.278 e. The van der Waals surface area contributed by atoms with Crippen molar-refractivity contribution in [3.8, 4) is 23.0 Å². The lowest BCUT2D eigenvalue weighted by atomic mass is 10.3. The second kappa shape index (κ2) is 3.82. The number of nitrogens with zero attached hydrogens (tertiary/aromatic N) is 4. The molecule has 0 bridgehead atoms. The Bertz CT molecular complexity index is 576. The van der Waals surface area contributed by atoms with E-state index in [1.54, 1.807) is 29.9 Å². The van der Waals surface area contributed by atoms with Crippen LogP contribution in [0, 0.1) is 0 Å². The topological polar surface area (TPSA) is 64.7 Å².